The van der Waals surface area contributed by atoms with E-state index in [-0.39, 0.29) is 5.89 Å². The molecule has 4 aromatic rings. The van der Waals surface area contributed by atoms with Gasteiger partial charge < -0.3 is 9.15 Å². The van der Waals surface area contributed by atoms with E-state index in [1.54, 1.807) is 0 Å². The van der Waals surface area contributed by atoms with Crippen LogP contribution in [-0.2, 0) is 12.8 Å². The van der Waals surface area contributed by atoms with Crippen LogP contribution in [0.4, 0.5) is 13.2 Å². The Kier molecular flexibility index (Phi) is 5.08. The summed E-state index contributed by atoms with van der Waals surface area (Å²) in [7, 11) is 0. The molecule has 3 nitrogen and oxygen atoms in total. The number of para-hydroxylation sites is 1. The Hall–Kier alpha value is -3.54. The van der Waals surface area contributed by atoms with Crippen molar-refractivity contribution in [2.24, 2.45) is 0 Å². The van der Waals surface area contributed by atoms with Crippen LogP contribution in [0, 0.1) is 0 Å². The summed E-state index contributed by atoms with van der Waals surface area (Å²) in [5.74, 6) is 1.35. The van der Waals surface area contributed by atoms with E-state index in [4.69, 9.17) is 9.15 Å². The number of hydrogen-bond donors (Lipinski definition) is 0. The third-order valence-electron chi connectivity index (χ3n) is 4.35. The molecule has 0 bridgehead atoms. The van der Waals surface area contributed by atoms with Gasteiger partial charge in [0.1, 0.15) is 12.4 Å². The molecule has 6 heteroatoms. The normalized spacial score (nSPS) is 11.4. The number of ether oxygens (including phenoxy) is 1. The molecule has 3 aromatic carbocycles. The highest BCUT2D eigenvalue weighted by Gasteiger charge is 2.30. The maximum Gasteiger partial charge on any atom is 0.416 e. The SMILES string of the molecule is FC(F)(F)c1ccc(-c2ncc(-c3ccccc3OCc3ccccc3)o2)cc1. The van der Waals surface area contributed by atoms with Gasteiger partial charge in [-0.3, -0.25) is 0 Å². The van der Waals surface area contributed by atoms with Crippen molar-refractivity contribution < 1.29 is 22.3 Å². The molecule has 0 amide bonds. The van der Waals surface area contributed by atoms with Gasteiger partial charge >= 0.3 is 6.18 Å². The molecule has 0 aliphatic heterocycles. The van der Waals surface area contributed by atoms with Gasteiger partial charge in [-0.1, -0.05) is 42.5 Å². The van der Waals surface area contributed by atoms with Crippen molar-refractivity contribution in [2.45, 2.75) is 12.8 Å². The lowest BCUT2D eigenvalue weighted by atomic mass is 10.1. The zero-order chi connectivity index (χ0) is 20.3. The maximum atomic E-state index is 12.7. The number of alkyl halides is 3. The molecule has 0 atom stereocenters. The average molecular weight is 395 g/mol. The minimum Gasteiger partial charge on any atom is -0.488 e. The summed E-state index contributed by atoms with van der Waals surface area (Å²) < 4.78 is 49.9. The average Bonchev–Trinajstić information content (AvgIpc) is 3.23. The predicted molar refractivity (Wildman–Crippen MR) is 103 cm³/mol. The van der Waals surface area contributed by atoms with Gasteiger partial charge in [0.15, 0.2) is 5.76 Å². The van der Waals surface area contributed by atoms with E-state index in [0.29, 0.717) is 29.2 Å². The number of benzene rings is 3. The van der Waals surface area contributed by atoms with Crippen molar-refractivity contribution in [3.63, 3.8) is 0 Å². The number of nitrogens with zero attached hydrogens (tertiary/aromatic N) is 1. The number of halogens is 3. The Morgan fingerprint density at radius 3 is 2.24 bits per heavy atom. The predicted octanol–water partition coefficient (Wildman–Crippen LogP) is 6.61. The van der Waals surface area contributed by atoms with Crippen molar-refractivity contribution >= 4 is 0 Å². The molecule has 0 radical (unpaired) electrons. The summed E-state index contributed by atoms with van der Waals surface area (Å²) in [6.07, 6.45) is -2.84. The molecule has 0 unspecified atom stereocenters. The molecule has 1 aromatic heterocycles. The van der Waals surface area contributed by atoms with Crippen molar-refractivity contribution in [1.82, 2.24) is 4.98 Å². The molecule has 0 N–H and O–H groups in total. The van der Waals surface area contributed by atoms with Crippen LogP contribution in [0.5, 0.6) is 5.75 Å². The van der Waals surface area contributed by atoms with Crippen molar-refractivity contribution in [3.05, 3.63) is 96.2 Å². The van der Waals surface area contributed by atoms with E-state index in [0.717, 1.165) is 17.7 Å². The first kappa shape index (κ1) is 18.8. The second-order valence-electron chi connectivity index (χ2n) is 6.38. The van der Waals surface area contributed by atoms with E-state index in [1.807, 2.05) is 54.6 Å². The first-order chi connectivity index (χ1) is 14.0. The molecular weight excluding hydrogens is 379 g/mol. The quantitative estimate of drug-likeness (QED) is 0.382. The standard InChI is InChI=1S/C23H16F3NO2/c24-23(25,26)18-12-10-17(11-13-18)22-27-14-21(29-22)19-8-4-5-9-20(19)28-15-16-6-2-1-3-7-16/h1-14H,15H2. The van der Waals surface area contributed by atoms with Crippen LogP contribution in [-0.4, -0.2) is 4.98 Å². The summed E-state index contributed by atoms with van der Waals surface area (Å²) in [4.78, 5) is 4.21. The van der Waals surface area contributed by atoms with Gasteiger partial charge in [0, 0.05) is 5.56 Å². The Bertz CT molecular complexity index is 1090. The third kappa shape index (κ3) is 4.32. The Morgan fingerprint density at radius 1 is 0.828 bits per heavy atom. The molecule has 0 aliphatic rings. The Balaban J connectivity index is 1.57. The minimum absolute atomic E-state index is 0.242. The summed E-state index contributed by atoms with van der Waals surface area (Å²) in [5, 5.41) is 0. The fourth-order valence-corrected chi connectivity index (χ4v) is 2.87. The molecule has 29 heavy (non-hydrogen) atoms. The monoisotopic (exact) mass is 395 g/mol. The number of rotatable bonds is 5. The smallest absolute Gasteiger partial charge is 0.416 e. The highest BCUT2D eigenvalue weighted by molar-refractivity contribution is 5.67. The first-order valence-electron chi connectivity index (χ1n) is 8.90. The maximum absolute atomic E-state index is 12.7. The fraction of sp³-hybridized carbons (Fsp3) is 0.0870. The second kappa shape index (κ2) is 7.83. The minimum atomic E-state index is -4.38. The van der Waals surface area contributed by atoms with Crippen LogP contribution in [0.15, 0.2) is 89.5 Å². The zero-order valence-electron chi connectivity index (χ0n) is 15.2. The van der Waals surface area contributed by atoms with Gasteiger partial charge in [0.25, 0.3) is 0 Å². The van der Waals surface area contributed by atoms with E-state index in [2.05, 4.69) is 4.98 Å². The zero-order valence-corrected chi connectivity index (χ0v) is 15.2. The summed E-state index contributed by atoms with van der Waals surface area (Å²) in [6.45, 7) is 0.401. The van der Waals surface area contributed by atoms with Crippen molar-refractivity contribution in [1.29, 1.82) is 0 Å². The van der Waals surface area contributed by atoms with E-state index in [9.17, 15) is 13.2 Å². The number of aromatic nitrogens is 1. The molecule has 0 spiro atoms. The highest BCUT2D eigenvalue weighted by atomic mass is 19.4. The lowest BCUT2D eigenvalue weighted by Gasteiger charge is -2.10. The van der Waals surface area contributed by atoms with Crippen LogP contribution >= 0.6 is 0 Å². The second-order valence-corrected chi connectivity index (χ2v) is 6.38. The molecule has 0 saturated carbocycles. The lowest BCUT2D eigenvalue weighted by Crippen LogP contribution is -2.03. The van der Waals surface area contributed by atoms with Crippen LogP contribution in [0.2, 0.25) is 0 Å². The number of hydrogen-bond acceptors (Lipinski definition) is 3. The Morgan fingerprint density at radius 2 is 1.52 bits per heavy atom. The molecular formula is C23H16F3NO2. The van der Waals surface area contributed by atoms with Gasteiger partial charge in [0.2, 0.25) is 5.89 Å². The van der Waals surface area contributed by atoms with Gasteiger partial charge in [-0.2, -0.15) is 13.2 Å². The third-order valence-corrected chi connectivity index (χ3v) is 4.35. The van der Waals surface area contributed by atoms with Crippen molar-refractivity contribution in [2.75, 3.05) is 0 Å². The fourth-order valence-electron chi connectivity index (χ4n) is 2.87. The Labute approximate surface area is 165 Å². The van der Waals surface area contributed by atoms with Gasteiger partial charge in [-0.25, -0.2) is 4.98 Å². The molecule has 0 fully saturated rings. The van der Waals surface area contributed by atoms with E-state index in [1.165, 1.54) is 18.3 Å². The molecule has 146 valence electrons. The number of oxazole rings is 1. The summed E-state index contributed by atoms with van der Waals surface area (Å²) in [5.41, 5.74) is 1.50. The van der Waals surface area contributed by atoms with Crippen LogP contribution in [0.25, 0.3) is 22.8 Å². The van der Waals surface area contributed by atoms with E-state index >= 15 is 0 Å². The van der Waals surface area contributed by atoms with Crippen molar-refractivity contribution in [3.8, 4) is 28.5 Å². The largest absolute Gasteiger partial charge is 0.488 e. The summed E-state index contributed by atoms with van der Waals surface area (Å²) in [6, 6.07) is 21.9. The molecule has 4 rings (SSSR count). The van der Waals surface area contributed by atoms with Gasteiger partial charge in [-0.15, -0.1) is 0 Å². The molecule has 0 saturated heterocycles. The topological polar surface area (TPSA) is 35.3 Å². The van der Waals surface area contributed by atoms with Crippen LogP contribution < -0.4 is 4.74 Å². The molecule has 0 aliphatic carbocycles. The van der Waals surface area contributed by atoms with E-state index < -0.39 is 11.7 Å². The van der Waals surface area contributed by atoms with Crippen LogP contribution in [0.1, 0.15) is 11.1 Å². The first-order valence-corrected chi connectivity index (χ1v) is 8.90. The van der Waals surface area contributed by atoms with Gasteiger partial charge in [-0.05, 0) is 42.0 Å². The molecule has 1 heterocycles. The summed E-state index contributed by atoms with van der Waals surface area (Å²) >= 11 is 0. The van der Waals surface area contributed by atoms with Gasteiger partial charge in [0.05, 0.1) is 17.3 Å². The highest BCUT2D eigenvalue weighted by Crippen LogP contribution is 2.34. The van der Waals surface area contributed by atoms with Crippen LogP contribution in [0.3, 0.4) is 0 Å². The lowest BCUT2D eigenvalue weighted by molar-refractivity contribution is -0.137.